The van der Waals surface area contributed by atoms with Crippen LogP contribution in [0.2, 0.25) is 5.02 Å². The van der Waals surface area contributed by atoms with Crippen molar-refractivity contribution >= 4 is 34.3 Å². The van der Waals surface area contributed by atoms with E-state index in [2.05, 4.69) is 40.6 Å². The van der Waals surface area contributed by atoms with E-state index in [-0.39, 0.29) is 0 Å². The lowest BCUT2D eigenvalue weighted by Crippen LogP contribution is -2.05. The molecule has 0 amide bonds. The number of halogens is 1. The van der Waals surface area contributed by atoms with Crippen LogP contribution in [0.1, 0.15) is 5.56 Å². The lowest BCUT2D eigenvalue weighted by molar-refractivity contribution is 0.803. The Balaban J connectivity index is 1.95. The van der Waals surface area contributed by atoms with Gasteiger partial charge in [-0.15, -0.1) is 0 Å². The van der Waals surface area contributed by atoms with Gasteiger partial charge >= 0.3 is 0 Å². The molecule has 4 heteroatoms. The molecule has 102 valence electrons. The van der Waals surface area contributed by atoms with Gasteiger partial charge in [0.1, 0.15) is 0 Å². The van der Waals surface area contributed by atoms with Gasteiger partial charge in [0.05, 0.1) is 5.03 Å². The number of hydrogen-bond donors (Lipinski definition) is 2. The molecular formula is C16H15ClN2S. The van der Waals surface area contributed by atoms with E-state index in [4.69, 9.17) is 11.6 Å². The molecular weight excluding hydrogens is 288 g/mol. The van der Waals surface area contributed by atoms with Crippen LogP contribution in [0.25, 0.3) is 10.9 Å². The largest absolute Gasteiger partial charge is 0.349 e. The summed E-state index contributed by atoms with van der Waals surface area (Å²) in [6.07, 6.45) is 0. The molecule has 0 radical (unpaired) electrons. The van der Waals surface area contributed by atoms with Crippen molar-refractivity contribution in [3.05, 3.63) is 59.1 Å². The molecule has 3 rings (SSSR count). The van der Waals surface area contributed by atoms with Crippen LogP contribution in [-0.4, -0.2) is 12.0 Å². The SMILES string of the molecule is CNCc1ccc(Cl)cc1Sc1cc2ccccc2[nH]1. The zero-order chi connectivity index (χ0) is 13.9. The van der Waals surface area contributed by atoms with E-state index in [1.54, 1.807) is 11.8 Å². The molecule has 20 heavy (non-hydrogen) atoms. The molecule has 0 saturated carbocycles. The van der Waals surface area contributed by atoms with Crippen molar-refractivity contribution in [2.45, 2.75) is 16.5 Å². The Morgan fingerprint density at radius 2 is 2.00 bits per heavy atom. The summed E-state index contributed by atoms with van der Waals surface area (Å²) in [5, 5.41) is 6.32. The van der Waals surface area contributed by atoms with Crippen LogP contribution in [0.5, 0.6) is 0 Å². The Labute approximate surface area is 127 Å². The zero-order valence-electron chi connectivity index (χ0n) is 11.1. The fourth-order valence-corrected chi connectivity index (χ4v) is 3.46. The first-order valence-electron chi connectivity index (χ1n) is 6.45. The number of H-pyrrole nitrogens is 1. The average molecular weight is 303 g/mol. The number of rotatable bonds is 4. The Kier molecular flexibility index (Phi) is 4.01. The van der Waals surface area contributed by atoms with Gasteiger partial charge in [0, 0.05) is 27.4 Å². The van der Waals surface area contributed by atoms with Gasteiger partial charge in [-0.05, 0) is 36.9 Å². The molecule has 0 aliphatic rings. The summed E-state index contributed by atoms with van der Waals surface area (Å²) in [5.41, 5.74) is 2.41. The Bertz CT molecular complexity index is 703. The number of benzene rings is 2. The predicted octanol–water partition coefficient (Wildman–Crippen LogP) is 4.69. The first-order chi connectivity index (χ1) is 9.76. The Morgan fingerprint density at radius 3 is 2.80 bits per heavy atom. The standard InChI is InChI=1S/C16H15ClN2S/c1-18-10-12-6-7-13(17)9-15(12)20-16-8-11-4-2-3-5-14(11)19-16/h2-9,18-19H,10H2,1H3. The number of para-hydroxylation sites is 1. The van der Waals surface area contributed by atoms with Crippen molar-refractivity contribution in [2.75, 3.05) is 7.05 Å². The summed E-state index contributed by atoms with van der Waals surface area (Å²) in [4.78, 5) is 4.61. The van der Waals surface area contributed by atoms with E-state index < -0.39 is 0 Å². The van der Waals surface area contributed by atoms with E-state index in [0.29, 0.717) is 0 Å². The topological polar surface area (TPSA) is 27.8 Å². The van der Waals surface area contributed by atoms with E-state index in [1.807, 2.05) is 25.2 Å². The highest BCUT2D eigenvalue weighted by atomic mass is 35.5. The summed E-state index contributed by atoms with van der Waals surface area (Å²) in [6, 6.07) is 16.5. The summed E-state index contributed by atoms with van der Waals surface area (Å²) >= 11 is 7.83. The first-order valence-corrected chi connectivity index (χ1v) is 7.64. The highest BCUT2D eigenvalue weighted by Gasteiger charge is 2.07. The third-order valence-corrected chi connectivity index (χ3v) is 4.40. The molecule has 0 aliphatic carbocycles. The van der Waals surface area contributed by atoms with Crippen molar-refractivity contribution < 1.29 is 0 Å². The van der Waals surface area contributed by atoms with Gasteiger partial charge in [0.2, 0.25) is 0 Å². The molecule has 2 aromatic carbocycles. The lowest BCUT2D eigenvalue weighted by Gasteiger charge is -2.08. The van der Waals surface area contributed by atoms with Gasteiger partial charge < -0.3 is 10.3 Å². The van der Waals surface area contributed by atoms with Gasteiger partial charge in [-0.25, -0.2) is 0 Å². The Morgan fingerprint density at radius 1 is 1.15 bits per heavy atom. The van der Waals surface area contributed by atoms with Crippen LogP contribution in [0, 0.1) is 0 Å². The highest BCUT2D eigenvalue weighted by molar-refractivity contribution is 7.99. The van der Waals surface area contributed by atoms with Gasteiger partial charge in [0.25, 0.3) is 0 Å². The lowest BCUT2D eigenvalue weighted by atomic mass is 10.2. The predicted molar refractivity (Wildman–Crippen MR) is 86.6 cm³/mol. The minimum absolute atomic E-state index is 0.767. The van der Waals surface area contributed by atoms with Crippen LogP contribution in [0.4, 0.5) is 0 Å². The normalized spacial score (nSPS) is 11.1. The van der Waals surface area contributed by atoms with Crippen LogP contribution in [0.3, 0.4) is 0 Å². The van der Waals surface area contributed by atoms with Gasteiger partial charge in [-0.1, -0.05) is 47.6 Å². The summed E-state index contributed by atoms with van der Waals surface area (Å²) in [6.45, 7) is 0.833. The maximum absolute atomic E-state index is 6.12. The third-order valence-electron chi connectivity index (χ3n) is 3.12. The van der Waals surface area contributed by atoms with Crippen LogP contribution in [-0.2, 0) is 6.54 Å². The van der Waals surface area contributed by atoms with Crippen molar-refractivity contribution in [1.29, 1.82) is 0 Å². The number of aromatic nitrogens is 1. The monoisotopic (exact) mass is 302 g/mol. The van der Waals surface area contributed by atoms with E-state index in [9.17, 15) is 0 Å². The maximum Gasteiger partial charge on any atom is 0.0781 e. The molecule has 1 aromatic heterocycles. The van der Waals surface area contributed by atoms with Crippen molar-refractivity contribution in [3.8, 4) is 0 Å². The number of nitrogens with one attached hydrogen (secondary N) is 2. The van der Waals surface area contributed by atoms with Crippen molar-refractivity contribution in [1.82, 2.24) is 10.3 Å². The smallest absolute Gasteiger partial charge is 0.0781 e. The molecule has 0 saturated heterocycles. The molecule has 2 nitrogen and oxygen atoms in total. The van der Waals surface area contributed by atoms with Gasteiger partial charge in [-0.3, -0.25) is 0 Å². The zero-order valence-corrected chi connectivity index (χ0v) is 12.7. The van der Waals surface area contributed by atoms with Crippen molar-refractivity contribution in [2.24, 2.45) is 0 Å². The average Bonchev–Trinajstić information content (AvgIpc) is 2.84. The molecule has 0 fully saturated rings. The Hall–Kier alpha value is -1.42. The number of fused-ring (bicyclic) bond motifs is 1. The second-order valence-corrected chi connectivity index (χ2v) is 6.13. The minimum atomic E-state index is 0.767. The number of aromatic amines is 1. The fraction of sp³-hybridized carbons (Fsp3) is 0.125. The van der Waals surface area contributed by atoms with Crippen LogP contribution < -0.4 is 5.32 Å². The van der Waals surface area contributed by atoms with Crippen LogP contribution in [0.15, 0.2) is 58.5 Å². The van der Waals surface area contributed by atoms with Crippen LogP contribution >= 0.6 is 23.4 Å². The van der Waals surface area contributed by atoms with Crippen molar-refractivity contribution in [3.63, 3.8) is 0 Å². The maximum atomic E-state index is 6.12. The fourth-order valence-electron chi connectivity index (χ4n) is 2.18. The second kappa shape index (κ2) is 5.92. The van der Waals surface area contributed by atoms with Gasteiger partial charge in [0.15, 0.2) is 0 Å². The molecule has 3 aromatic rings. The summed E-state index contributed by atoms with van der Waals surface area (Å²) < 4.78 is 0. The van der Waals surface area contributed by atoms with E-state index >= 15 is 0 Å². The summed E-state index contributed by atoms with van der Waals surface area (Å²) in [7, 11) is 1.95. The minimum Gasteiger partial charge on any atom is -0.349 e. The quantitative estimate of drug-likeness (QED) is 0.731. The first kappa shape index (κ1) is 13.6. The van der Waals surface area contributed by atoms with E-state index in [0.717, 1.165) is 22.1 Å². The molecule has 2 N–H and O–H groups in total. The summed E-state index contributed by atoms with van der Waals surface area (Å²) in [5.74, 6) is 0. The number of hydrogen-bond acceptors (Lipinski definition) is 2. The van der Waals surface area contributed by atoms with Gasteiger partial charge in [-0.2, -0.15) is 0 Å². The molecule has 0 aliphatic heterocycles. The second-order valence-electron chi connectivity index (χ2n) is 4.61. The molecule has 0 spiro atoms. The third kappa shape index (κ3) is 2.85. The highest BCUT2D eigenvalue weighted by Crippen LogP contribution is 2.33. The molecule has 0 bridgehead atoms. The molecule has 0 unspecified atom stereocenters. The molecule has 0 atom stereocenters. The van der Waals surface area contributed by atoms with E-state index in [1.165, 1.54) is 15.8 Å². The molecule has 1 heterocycles.